The van der Waals surface area contributed by atoms with Crippen LogP contribution in [0.5, 0.6) is 5.75 Å². The summed E-state index contributed by atoms with van der Waals surface area (Å²) in [5.41, 5.74) is 1.61. The third-order valence-electron chi connectivity index (χ3n) is 4.16. The zero-order chi connectivity index (χ0) is 21.0. The minimum atomic E-state index is -0.388. The molecular weight excluding hydrogens is 400 g/mol. The van der Waals surface area contributed by atoms with Crippen molar-refractivity contribution in [2.45, 2.75) is 6.92 Å². The van der Waals surface area contributed by atoms with Crippen LogP contribution in [0.15, 0.2) is 47.0 Å². The molecule has 0 aliphatic carbocycles. The largest absolute Gasteiger partial charge is 0.507 e. The van der Waals surface area contributed by atoms with Crippen LogP contribution in [0, 0.1) is 6.92 Å². The van der Waals surface area contributed by atoms with Crippen LogP contribution in [-0.2, 0) is 0 Å². The van der Waals surface area contributed by atoms with Gasteiger partial charge in [-0.25, -0.2) is 0 Å². The molecule has 0 bridgehead atoms. The molecule has 29 heavy (non-hydrogen) atoms. The number of carbonyl (C=O) groups is 1. The molecule has 152 valence electrons. The fourth-order valence-electron chi connectivity index (χ4n) is 2.73. The lowest BCUT2D eigenvalue weighted by atomic mass is 10.0. The topological polar surface area (TPSA) is 131 Å². The van der Waals surface area contributed by atoms with Gasteiger partial charge in [0.25, 0.3) is 5.91 Å². The second kappa shape index (κ2) is 8.82. The Morgan fingerprint density at radius 3 is 2.66 bits per heavy atom. The van der Waals surface area contributed by atoms with Gasteiger partial charge in [0, 0.05) is 18.7 Å². The summed E-state index contributed by atoms with van der Waals surface area (Å²) >= 11 is 6.08. The van der Waals surface area contributed by atoms with E-state index in [2.05, 4.69) is 15.8 Å². The Kier molecular flexibility index (Phi) is 6.23. The summed E-state index contributed by atoms with van der Waals surface area (Å²) in [6.45, 7) is 2.26. The number of phenolic OH excluding ortho intramolecular Hbond substituents is 1. The lowest BCUT2D eigenvalue weighted by Crippen LogP contribution is -2.29. The van der Waals surface area contributed by atoms with Gasteiger partial charge >= 0.3 is 0 Å². The number of nitrogens with one attached hydrogen (secondary N) is 2. The maximum absolute atomic E-state index is 12.6. The standard InChI is InChI=1S/C19H19ClN4O5/c1-11-17(18(23-29-11)13-4-2-3-5-16(13)25)19(26)22-9-8-21-15-7-6-12(24(27)28)10-14(15)20/h2-7,10,21,25,27-28H,8-9H2,1H3,(H,22,26). The third kappa shape index (κ3) is 4.60. The number of carbonyl (C=O) groups excluding carboxylic acids is 1. The Morgan fingerprint density at radius 2 is 1.97 bits per heavy atom. The van der Waals surface area contributed by atoms with Gasteiger partial charge in [-0.05, 0) is 37.3 Å². The van der Waals surface area contributed by atoms with E-state index in [-0.39, 0.29) is 40.4 Å². The predicted molar refractivity (Wildman–Crippen MR) is 107 cm³/mol. The van der Waals surface area contributed by atoms with Crippen LogP contribution in [-0.4, -0.2) is 39.7 Å². The van der Waals surface area contributed by atoms with Gasteiger partial charge in [0.05, 0.1) is 16.4 Å². The quantitative estimate of drug-likeness (QED) is 0.291. The molecule has 5 N–H and O–H groups in total. The van der Waals surface area contributed by atoms with Gasteiger partial charge in [0.15, 0.2) is 0 Å². The zero-order valence-electron chi connectivity index (χ0n) is 15.4. The van der Waals surface area contributed by atoms with Gasteiger partial charge in [0.1, 0.15) is 22.8 Å². The van der Waals surface area contributed by atoms with Crippen molar-refractivity contribution in [2.24, 2.45) is 0 Å². The number of amides is 1. The van der Waals surface area contributed by atoms with Gasteiger partial charge < -0.3 is 20.3 Å². The van der Waals surface area contributed by atoms with E-state index < -0.39 is 0 Å². The molecule has 10 heteroatoms. The fraction of sp³-hybridized carbons (Fsp3) is 0.158. The minimum absolute atomic E-state index is 0.000991. The van der Waals surface area contributed by atoms with Crippen molar-refractivity contribution in [2.75, 3.05) is 23.6 Å². The molecule has 2 aromatic carbocycles. The van der Waals surface area contributed by atoms with Gasteiger partial charge in [-0.1, -0.05) is 28.9 Å². The average molecular weight is 419 g/mol. The molecule has 0 aliphatic rings. The van der Waals surface area contributed by atoms with E-state index >= 15 is 0 Å². The van der Waals surface area contributed by atoms with Crippen LogP contribution < -0.4 is 15.9 Å². The summed E-state index contributed by atoms with van der Waals surface area (Å²) < 4.78 is 5.15. The number of rotatable bonds is 7. The SMILES string of the molecule is Cc1onc(-c2ccccc2O)c1C(=O)NCCNc1ccc(N(O)O)cc1Cl. The van der Waals surface area contributed by atoms with Crippen LogP contribution in [0.25, 0.3) is 11.3 Å². The molecule has 0 saturated heterocycles. The van der Waals surface area contributed by atoms with E-state index in [1.165, 1.54) is 18.2 Å². The summed E-state index contributed by atoms with van der Waals surface area (Å²) in [4.78, 5) is 12.6. The van der Waals surface area contributed by atoms with Crippen molar-refractivity contribution < 1.29 is 24.8 Å². The number of halogens is 1. The van der Waals surface area contributed by atoms with Crippen LogP contribution in [0.1, 0.15) is 16.1 Å². The Morgan fingerprint density at radius 1 is 1.21 bits per heavy atom. The first-order valence-electron chi connectivity index (χ1n) is 8.62. The molecule has 9 nitrogen and oxygen atoms in total. The number of aromatic hydroxyl groups is 1. The highest BCUT2D eigenvalue weighted by Gasteiger charge is 2.23. The molecule has 0 atom stereocenters. The molecule has 3 aromatic rings. The van der Waals surface area contributed by atoms with E-state index in [1.807, 2.05) is 0 Å². The smallest absolute Gasteiger partial charge is 0.257 e. The molecule has 0 radical (unpaired) electrons. The first-order chi connectivity index (χ1) is 13.9. The van der Waals surface area contributed by atoms with Crippen LogP contribution in [0.2, 0.25) is 5.02 Å². The molecule has 1 aromatic heterocycles. The third-order valence-corrected chi connectivity index (χ3v) is 4.47. The second-order valence-electron chi connectivity index (χ2n) is 6.12. The number of benzene rings is 2. The van der Waals surface area contributed by atoms with E-state index in [1.54, 1.807) is 31.2 Å². The van der Waals surface area contributed by atoms with Gasteiger partial charge in [-0.15, -0.1) is 5.23 Å². The lowest BCUT2D eigenvalue weighted by molar-refractivity contribution is 0.0291. The summed E-state index contributed by atoms with van der Waals surface area (Å²) in [6, 6.07) is 11.0. The summed E-state index contributed by atoms with van der Waals surface area (Å²) in [5.74, 6) is -0.0507. The highest BCUT2D eigenvalue weighted by molar-refractivity contribution is 6.33. The Bertz CT molecular complexity index is 1020. The van der Waals surface area contributed by atoms with Crippen molar-refractivity contribution in [1.82, 2.24) is 10.5 Å². The normalized spacial score (nSPS) is 10.6. The van der Waals surface area contributed by atoms with E-state index in [0.717, 1.165) is 0 Å². The molecule has 0 aliphatic heterocycles. The summed E-state index contributed by atoms with van der Waals surface area (Å²) in [5, 5.41) is 38.0. The number of hydrogen-bond donors (Lipinski definition) is 5. The highest BCUT2D eigenvalue weighted by Crippen LogP contribution is 2.31. The number of nitrogens with zero attached hydrogens (tertiary/aromatic N) is 2. The highest BCUT2D eigenvalue weighted by atomic mass is 35.5. The molecule has 0 unspecified atom stereocenters. The fourth-order valence-corrected chi connectivity index (χ4v) is 2.97. The molecule has 1 amide bonds. The van der Waals surface area contributed by atoms with Gasteiger partial charge in [0.2, 0.25) is 0 Å². The predicted octanol–water partition coefficient (Wildman–Crippen LogP) is 3.44. The van der Waals surface area contributed by atoms with Crippen molar-refractivity contribution in [3.8, 4) is 17.0 Å². The minimum Gasteiger partial charge on any atom is -0.507 e. The molecule has 3 rings (SSSR count). The van der Waals surface area contributed by atoms with Crippen molar-refractivity contribution >= 4 is 28.9 Å². The van der Waals surface area contributed by atoms with Gasteiger partial charge in [-0.3, -0.25) is 15.2 Å². The molecule has 0 spiro atoms. The zero-order valence-corrected chi connectivity index (χ0v) is 16.1. The van der Waals surface area contributed by atoms with Crippen LogP contribution in [0.3, 0.4) is 0 Å². The molecule has 0 saturated carbocycles. The number of aromatic nitrogens is 1. The summed E-state index contributed by atoms with van der Waals surface area (Å²) in [7, 11) is 0. The van der Waals surface area contributed by atoms with E-state index in [4.69, 9.17) is 26.5 Å². The number of aryl methyl sites for hydroxylation is 1. The first kappa shape index (κ1) is 20.5. The Hall–Kier alpha value is -3.27. The molecule has 0 fully saturated rings. The number of hydrogen-bond acceptors (Lipinski definition) is 8. The number of anilines is 2. The molecular formula is C19H19ClN4O5. The van der Waals surface area contributed by atoms with E-state index in [0.29, 0.717) is 28.6 Å². The number of phenols is 1. The second-order valence-corrected chi connectivity index (χ2v) is 6.52. The van der Waals surface area contributed by atoms with E-state index in [9.17, 15) is 9.90 Å². The van der Waals surface area contributed by atoms with Crippen LogP contribution >= 0.6 is 11.6 Å². The monoisotopic (exact) mass is 418 g/mol. The lowest BCUT2D eigenvalue weighted by Gasteiger charge is -2.12. The number of para-hydroxylation sites is 1. The molecule has 1 heterocycles. The summed E-state index contributed by atoms with van der Waals surface area (Å²) in [6.07, 6.45) is 0. The maximum atomic E-state index is 12.6. The van der Waals surface area contributed by atoms with Crippen molar-refractivity contribution in [1.29, 1.82) is 0 Å². The first-order valence-corrected chi connectivity index (χ1v) is 9.00. The maximum Gasteiger partial charge on any atom is 0.257 e. The van der Waals surface area contributed by atoms with Crippen molar-refractivity contribution in [3.63, 3.8) is 0 Å². The van der Waals surface area contributed by atoms with Gasteiger partial charge in [-0.2, -0.15) is 0 Å². The van der Waals surface area contributed by atoms with Crippen LogP contribution in [0.4, 0.5) is 11.4 Å². The Balaban J connectivity index is 1.63. The van der Waals surface area contributed by atoms with Crippen molar-refractivity contribution in [3.05, 3.63) is 58.8 Å². The average Bonchev–Trinajstić information content (AvgIpc) is 3.07. The Labute approximate surface area is 171 Å².